The third-order valence-corrected chi connectivity index (χ3v) is 5.03. The van der Waals surface area contributed by atoms with Gasteiger partial charge >= 0.3 is 0 Å². The van der Waals surface area contributed by atoms with Crippen LogP contribution in [0.25, 0.3) is 10.9 Å². The van der Waals surface area contributed by atoms with E-state index in [0.717, 1.165) is 24.1 Å². The van der Waals surface area contributed by atoms with Gasteiger partial charge < -0.3 is 14.2 Å². The number of hydrogen-bond donors (Lipinski definition) is 0. The number of piperidine rings is 1. The summed E-state index contributed by atoms with van der Waals surface area (Å²) in [7, 11) is 0. The molecule has 2 heterocycles. The Balaban J connectivity index is 1.39. The molecule has 1 aliphatic heterocycles. The predicted molar refractivity (Wildman–Crippen MR) is 105 cm³/mol. The Kier molecular flexibility index (Phi) is 4.92. The van der Waals surface area contributed by atoms with Gasteiger partial charge in [0.05, 0.1) is 5.52 Å². The number of ether oxygens (including phenoxy) is 1. The average molecular weight is 362 g/mol. The van der Waals surface area contributed by atoms with E-state index in [1.165, 1.54) is 6.07 Å². The number of carbonyl (C=O) groups is 1. The molecule has 0 aliphatic carbocycles. The van der Waals surface area contributed by atoms with Crippen molar-refractivity contribution in [2.45, 2.75) is 25.5 Å². The van der Waals surface area contributed by atoms with Crippen molar-refractivity contribution in [1.82, 2.24) is 9.47 Å². The maximum absolute atomic E-state index is 12.7. The number of rotatable bonds is 4. The first kappa shape index (κ1) is 17.3. The number of hydrogen-bond acceptors (Lipinski definition) is 3. The molecular weight excluding hydrogens is 340 g/mol. The second-order valence-electron chi connectivity index (χ2n) is 6.84. The van der Waals surface area contributed by atoms with Crippen LogP contribution in [-0.4, -0.2) is 34.6 Å². The van der Waals surface area contributed by atoms with Gasteiger partial charge in [0.25, 0.3) is 0 Å². The van der Waals surface area contributed by atoms with Crippen molar-refractivity contribution in [1.29, 1.82) is 0 Å². The average Bonchev–Trinajstić information content (AvgIpc) is 2.71. The smallest absolute Gasteiger partial charge is 0.242 e. The highest BCUT2D eigenvalue weighted by atomic mass is 16.5. The van der Waals surface area contributed by atoms with E-state index in [4.69, 9.17) is 4.74 Å². The number of amides is 1. The highest BCUT2D eigenvalue weighted by Crippen LogP contribution is 2.19. The Morgan fingerprint density at radius 1 is 0.963 bits per heavy atom. The van der Waals surface area contributed by atoms with Crippen molar-refractivity contribution >= 4 is 16.8 Å². The molecule has 2 aromatic carbocycles. The minimum absolute atomic E-state index is 0.0202. The standard InChI is InChI=1S/C22H22N2O3/c25-21-12-15-24(20-9-5-4-8-19(20)21)16-22(26)23-13-10-18(11-14-23)27-17-6-2-1-3-7-17/h1-9,12,15,18H,10-11,13-14,16H2. The summed E-state index contributed by atoms with van der Waals surface area (Å²) in [6.45, 7) is 1.62. The highest BCUT2D eigenvalue weighted by molar-refractivity contribution is 5.82. The topological polar surface area (TPSA) is 51.5 Å². The number of para-hydroxylation sites is 2. The Hall–Kier alpha value is -3.08. The van der Waals surface area contributed by atoms with Crippen LogP contribution in [0, 0.1) is 0 Å². The van der Waals surface area contributed by atoms with Gasteiger partial charge in [0, 0.05) is 43.6 Å². The number of fused-ring (bicyclic) bond motifs is 1. The highest BCUT2D eigenvalue weighted by Gasteiger charge is 2.24. The van der Waals surface area contributed by atoms with Crippen molar-refractivity contribution in [2.75, 3.05) is 13.1 Å². The predicted octanol–water partition coefficient (Wildman–Crippen LogP) is 3.07. The molecular formula is C22H22N2O3. The monoisotopic (exact) mass is 362 g/mol. The van der Waals surface area contributed by atoms with E-state index in [1.54, 1.807) is 12.3 Å². The van der Waals surface area contributed by atoms with Crippen molar-refractivity contribution in [3.63, 3.8) is 0 Å². The summed E-state index contributed by atoms with van der Waals surface area (Å²) >= 11 is 0. The lowest BCUT2D eigenvalue weighted by Gasteiger charge is -2.32. The number of pyridine rings is 1. The summed E-state index contributed by atoms with van der Waals surface area (Å²) in [6, 6.07) is 18.7. The van der Waals surface area contributed by atoms with Gasteiger partial charge in [0.15, 0.2) is 5.43 Å². The largest absolute Gasteiger partial charge is 0.490 e. The molecule has 1 aliphatic rings. The molecule has 4 rings (SSSR count). The summed E-state index contributed by atoms with van der Waals surface area (Å²) in [5.41, 5.74) is 0.772. The lowest BCUT2D eigenvalue weighted by atomic mass is 10.1. The van der Waals surface area contributed by atoms with E-state index in [2.05, 4.69) is 0 Å². The molecule has 3 aromatic rings. The van der Waals surface area contributed by atoms with Crippen molar-refractivity contribution in [3.8, 4) is 5.75 Å². The summed E-state index contributed by atoms with van der Waals surface area (Å²) in [5, 5.41) is 0.641. The molecule has 1 amide bonds. The zero-order valence-corrected chi connectivity index (χ0v) is 15.1. The Bertz CT molecular complexity index is 989. The van der Waals surface area contributed by atoms with Gasteiger partial charge in [-0.1, -0.05) is 30.3 Å². The van der Waals surface area contributed by atoms with Crippen LogP contribution in [0.15, 0.2) is 71.7 Å². The fraction of sp³-hybridized carbons (Fsp3) is 0.273. The van der Waals surface area contributed by atoms with E-state index in [-0.39, 0.29) is 24.0 Å². The van der Waals surface area contributed by atoms with Crippen molar-refractivity contribution in [2.24, 2.45) is 0 Å². The van der Waals surface area contributed by atoms with E-state index < -0.39 is 0 Å². The van der Waals surface area contributed by atoms with E-state index >= 15 is 0 Å². The van der Waals surface area contributed by atoms with Gasteiger partial charge in [-0.3, -0.25) is 9.59 Å². The number of benzene rings is 2. The van der Waals surface area contributed by atoms with Crippen molar-refractivity contribution < 1.29 is 9.53 Å². The lowest BCUT2D eigenvalue weighted by Crippen LogP contribution is -2.43. The van der Waals surface area contributed by atoms with Gasteiger partial charge in [-0.2, -0.15) is 0 Å². The normalized spacial score (nSPS) is 15.0. The molecule has 1 aromatic heterocycles. The summed E-state index contributed by atoms with van der Waals surface area (Å²) in [6.07, 6.45) is 3.50. The minimum Gasteiger partial charge on any atom is -0.490 e. The number of aromatic nitrogens is 1. The molecule has 0 radical (unpaired) electrons. The summed E-state index contributed by atoms with van der Waals surface area (Å²) < 4.78 is 7.85. The SMILES string of the molecule is O=C(Cn1ccc(=O)c2ccccc21)N1CCC(Oc2ccccc2)CC1. The third kappa shape index (κ3) is 3.87. The Morgan fingerprint density at radius 2 is 1.67 bits per heavy atom. The maximum atomic E-state index is 12.7. The van der Waals surface area contributed by atoms with Crippen LogP contribution >= 0.6 is 0 Å². The summed E-state index contributed by atoms with van der Waals surface area (Å²) in [4.78, 5) is 26.6. The van der Waals surface area contributed by atoms with Crippen LogP contribution in [0.4, 0.5) is 0 Å². The number of nitrogens with zero attached hydrogens (tertiary/aromatic N) is 2. The molecule has 1 fully saturated rings. The first-order chi connectivity index (χ1) is 13.2. The zero-order chi connectivity index (χ0) is 18.6. The van der Waals surface area contributed by atoms with Crippen LogP contribution in [0.1, 0.15) is 12.8 Å². The fourth-order valence-corrected chi connectivity index (χ4v) is 3.56. The third-order valence-electron chi connectivity index (χ3n) is 5.03. The van der Waals surface area contributed by atoms with Crippen LogP contribution in [0.2, 0.25) is 0 Å². The first-order valence-corrected chi connectivity index (χ1v) is 9.28. The van der Waals surface area contributed by atoms with E-state index in [0.29, 0.717) is 18.5 Å². The van der Waals surface area contributed by atoms with E-state index in [1.807, 2.05) is 58.0 Å². The lowest BCUT2D eigenvalue weighted by molar-refractivity contribution is -0.133. The molecule has 0 bridgehead atoms. The number of carbonyl (C=O) groups excluding carboxylic acids is 1. The molecule has 0 atom stereocenters. The Labute approximate surface area is 157 Å². The van der Waals surface area contributed by atoms with Crippen molar-refractivity contribution in [3.05, 3.63) is 77.1 Å². The second kappa shape index (κ2) is 7.66. The van der Waals surface area contributed by atoms with Gasteiger partial charge in [0.2, 0.25) is 5.91 Å². The molecule has 0 saturated carbocycles. The molecule has 0 N–H and O–H groups in total. The van der Waals surface area contributed by atoms with Gasteiger partial charge in [-0.25, -0.2) is 0 Å². The molecule has 0 unspecified atom stereocenters. The maximum Gasteiger partial charge on any atom is 0.242 e. The first-order valence-electron chi connectivity index (χ1n) is 9.28. The van der Waals surface area contributed by atoms with Gasteiger partial charge in [-0.05, 0) is 24.3 Å². The fourth-order valence-electron chi connectivity index (χ4n) is 3.56. The van der Waals surface area contributed by atoms with Gasteiger partial charge in [0.1, 0.15) is 18.4 Å². The van der Waals surface area contributed by atoms with Crippen LogP contribution < -0.4 is 10.2 Å². The van der Waals surface area contributed by atoms with Crippen LogP contribution in [0.5, 0.6) is 5.75 Å². The quantitative estimate of drug-likeness (QED) is 0.717. The summed E-state index contributed by atoms with van der Waals surface area (Å²) in [5.74, 6) is 0.948. The molecule has 1 saturated heterocycles. The molecule has 5 nitrogen and oxygen atoms in total. The van der Waals surface area contributed by atoms with Crippen LogP contribution in [0.3, 0.4) is 0 Å². The van der Waals surface area contributed by atoms with Crippen LogP contribution in [-0.2, 0) is 11.3 Å². The second-order valence-corrected chi connectivity index (χ2v) is 6.84. The Morgan fingerprint density at radius 3 is 2.44 bits per heavy atom. The molecule has 0 spiro atoms. The molecule has 27 heavy (non-hydrogen) atoms. The number of likely N-dealkylation sites (tertiary alicyclic amines) is 1. The molecule has 5 heteroatoms. The molecule has 138 valence electrons. The zero-order valence-electron chi connectivity index (χ0n) is 15.1. The van der Waals surface area contributed by atoms with Gasteiger partial charge in [-0.15, -0.1) is 0 Å². The minimum atomic E-state index is -0.0202. The van der Waals surface area contributed by atoms with E-state index in [9.17, 15) is 9.59 Å².